The fraction of sp³-hybridized carbons (Fsp3) is 0.0500. The van der Waals surface area contributed by atoms with Crippen LogP contribution in [0.15, 0.2) is 65.2 Å². The van der Waals surface area contributed by atoms with Crippen molar-refractivity contribution in [2.24, 2.45) is 0 Å². The number of rotatable bonds is 5. The predicted molar refractivity (Wildman–Crippen MR) is 108 cm³/mol. The normalized spacial score (nSPS) is 10.8. The minimum absolute atomic E-state index is 0.146. The van der Waals surface area contributed by atoms with Gasteiger partial charge in [0.25, 0.3) is 5.91 Å². The number of oxazole rings is 1. The molecule has 0 fully saturated rings. The van der Waals surface area contributed by atoms with Crippen molar-refractivity contribution in [2.75, 3.05) is 11.9 Å². The monoisotopic (exact) mass is 413 g/mol. The number of halogens is 2. The van der Waals surface area contributed by atoms with Crippen LogP contribution < -0.4 is 10.1 Å². The van der Waals surface area contributed by atoms with Crippen molar-refractivity contribution in [3.05, 3.63) is 70.8 Å². The third-order valence-electron chi connectivity index (χ3n) is 3.83. The maximum Gasteiger partial charge on any atom is 0.262 e. The number of nitrogens with one attached hydrogen (secondary N) is 1. The molecule has 0 unspecified atom stereocenters. The van der Waals surface area contributed by atoms with Gasteiger partial charge in [-0.3, -0.25) is 4.79 Å². The highest BCUT2D eigenvalue weighted by Gasteiger charge is 2.14. The topological polar surface area (TPSA) is 77.2 Å². The Morgan fingerprint density at radius 1 is 1.11 bits per heavy atom. The van der Waals surface area contributed by atoms with Crippen LogP contribution in [0.2, 0.25) is 10.0 Å². The Balaban J connectivity index is 1.48. The highest BCUT2D eigenvalue weighted by molar-refractivity contribution is 6.33. The van der Waals surface area contributed by atoms with Crippen molar-refractivity contribution in [1.82, 2.24) is 9.97 Å². The van der Waals surface area contributed by atoms with E-state index in [2.05, 4.69) is 15.3 Å². The van der Waals surface area contributed by atoms with Gasteiger partial charge in [0.1, 0.15) is 5.75 Å². The summed E-state index contributed by atoms with van der Waals surface area (Å²) < 4.78 is 11.1. The molecule has 0 radical (unpaired) electrons. The van der Waals surface area contributed by atoms with Gasteiger partial charge in [0.15, 0.2) is 17.8 Å². The van der Waals surface area contributed by atoms with Gasteiger partial charge in [-0.05, 0) is 54.6 Å². The number of aromatic nitrogens is 2. The lowest BCUT2D eigenvalue weighted by atomic mass is 10.2. The summed E-state index contributed by atoms with van der Waals surface area (Å²) in [6, 6.07) is 15.3. The Bertz CT molecular complexity index is 1110. The zero-order valence-corrected chi connectivity index (χ0v) is 15.9. The molecule has 0 aliphatic heterocycles. The smallest absolute Gasteiger partial charge is 0.262 e. The molecule has 28 heavy (non-hydrogen) atoms. The van der Waals surface area contributed by atoms with Crippen LogP contribution in [-0.4, -0.2) is 22.5 Å². The van der Waals surface area contributed by atoms with Gasteiger partial charge in [-0.2, -0.15) is 4.98 Å². The Morgan fingerprint density at radius 2 is 1.93 bits per heavy atom. The molecular formula is C20H13Cl2N3O3. The van der Waals surface area contributed by atoms with E-state index in [9.17, 15) is 4.79 Å². The SMILES string of the molecule is O=C(COc1ccc(Cl)cc1)Nc1ccc(Cl)c(-c2nc3ncccc3o2)c1. The number of ether oxygens (including phenoxy) is 1. The molecule has 2 heterocycles. The molecule has 4 aromatic rings. The number of benzene rings is 2. The molecule has 140 valence electrons. The van der Waals surface area contributed by atoms with Gasteiger partial charge in [-0.1, -0.05) is 23.2 Å². The highest BCUT2D eigenvalue weighted by Crippen LogP contribution is 2.31. The van der Waals surface area contributed by atoms with Gasteiger partial charge < -0.3 is 14.5 Å². The van der Waals surface area contributed by atoms with Crippen molar-refractivity contribution in [3.8, 4) is 17.2 Å². The Kier molecular flexibility index (Phi) is 5.14. The van der Waals surface area contributed by atoms with E-state index in [4.69, 9.17) is 32.4 Å². The van der Waals surface area contributed by atoms with Crippen molar-refractivity contribution in [1.29, 1.82) is 0 Å². The van der Waals surface area contributed by atoms with E-state index in [1.54, 1.807) is 60.8 Å². The molecule has 0 spiro atoms. The van der Waals surface area contributed by atoms with Crippen LogP contribution in [0.1, 0.15) is 0 Å². The number of carbonyl (C=O) groups is 1. The first-order chi connectivity index (χ1) is 13.6. The molecule has 0 aliphatic rings. The van der Waals surface area contributed by atoms with E-state index in [1.807, 2.05) is 0 Å². The molecule has 0 saturated carbocycles. The molecule has 0 aliphatic carbocycles. The average molecular weight is 414 g/mol. The molecule has 0 bridgehead atoms. The predicted octanol–water partition coefficient (Wildman–Crippen LogP) is 5.21. The first-order valence-electron chi connectivity index (χ1n) is 8.28. The van der Waals surface area contributed by atoms with Crippen molar-refractivity contribution in [2.45, 2.75) is 0 Å². The van der Waals surface area contributed by atoms with Gasteiger partial charge in [-0.25, -0.2) is 4.98 Å². The number of amides is 1. The van der Waals surface area contributed by atoms with Gasteiger partial charge in [0.2, 0.25) is 5.89 Å². The molecule has 2 aromatic carbocycles. The zero-order chi connectivity index (χ0) is 19.5. The van der Waals surface area contributed by atoms with Crippen LogP contribution in [-0.2, 0) is 4.79 Å². The number of fused-ring (bicyclic) bond motifs is 1. The van der Waals surface area contributed by atoms with Crippen LogP contribution in [0, 0.1) is 0 Å². The Morgan fingerprint density at radius 3 is 2.71 bits per heavy atom. The first kappa shape index (κ1) is 18.3. The number of pyridine rings is 1. The second-order valence-corrected chi connectivity index (χ2v) is 6.67. The van der Waals surface area contributed by atoms with E-state index in [1.165, 1.54) is 0 Å². The van der Waals surface area contributed by atoms with E-state index in [0.29, 0.717) is 44.2 Å². The maximum absolute atomic E-state index is 12.2. The fourth-order valence-electron chi connectivity index (χ4n) is 2.53. The molecular weight excluding hydrogens is 401 g/mol. The molecule has 6 nitrogen and oxygen atoms in total. The molecule has 8 heteroatoms. The Labute approximate surface area is 170 Å². The maximum atomic E-state index is 12.2. The Hall–Kier alpha value is -3.09. The summed E-state index contributed by atoms with van der Waals surface area (Å²) in [6.45, 7) is -0.146. The summed E-state index contributed by atoms with van der Waals surface area (Å²) in [4.78, 5) is 20.7. The summed E-state index contributed by atoms with van der Waals surface area (Å²) in [5.74, 6) is 0.560. The van der Waals surface area contributed by atoms with Crippen molar-refractivity contribution >= 4 is 46.0 Å². The number of carbonyl (C=O) groups excluding carboxylic acids is 1. The van der Waals surface area contributed by atoms with E-state index in [-0.39, 0.29) is 12.5 Å². The summed E-state index contributed by atoms with van der Waals surface area (Å²) in [5, 5.41) is 3.80. The number of anilines is 1. The third kappa shape index (κ3) is 4.08. The lowest BCUT2D eigenvalue weighted by Gasteiger charge is -2.09. The molecule has 0 saturated heterocycles. The second-order valence-electron chi connectivity index (χ2n) is 5.83. The van der Waals surface area contributed by atoms with Gasteiger partial charge in [0, 0.05) is 16.9 Å². The molecule has 1 N–H and O–H groups in total. The largest absolute Gasteiger partial charge is 0.484 e. The summed E-state index contributed by atoms with van der Waals surface area (Å²) in [7, 11) is 0. The number of hydrogen-bond donors (Lipinski definition) is 1. The summed E-state index contributed by atoms with van der Waals surface area (Å²) in [6.07, 6.45) is 1.63. The summed E-state index contributed by atoms with van der Waals surface area (Å²) >= 11 is 12.1. The van der Waals surface area contributed by atoms with Gasteiger partial charge in [-0.15, -0.1) is 0 Å². The second kappa shape index (κ2) is 7.88. The van der Waals surface area contributed by atoms with E-state index >= 15 is 0 Å². The van der Waals surface area contributed by atoms with E-state index < -0.39 is 0 Å². The molecule has 2 aromatic heterocycles. The van der Waals surface area contributed by atoms with Crippen LogP contribution in [0.25, 0.3) is 22.7 Å². The number of nitrogens with zero attached hydrogens (tertiary/aromatic N) is 2. The number of hydrogen-bond acceptors (Lipinski definition) is 5. The lowest BCUT2D eigenvalue weighted by molar-refractivity contribution is -0.118. The van der Waals surface area contributed by atoms with Crippen LogP contribution in [0.4, 0.5) is 5.69 Å². The van der Waals surface area contributed by atoms with E-state index in [0.717, 1.165) is 0 Å². The van der Waals surface area contributed by atoms with Gasteiger partial charge in [0.05, 0.1) is 10.6 Å². The van der Waals surface area contributed by atoms with Crippen molar-refractivity contribution in [3.63, 3.8) is 0 Å². The summed E-state index contributed by atoms with van der Waals surface area (Å²) in [5.41, 5.74) is 2.13. The lowest BCUT2D eigenvalue weighted by Crippen LogP contribution is -2.20. The van der Waals surface area contributed by atoms with Crippen LogP contribution >= 0.6 is 23.2 Å². The van der Waals surface area contributed by atoms with Crippen molar-refractivity contribution < 1.29 is 13.9 Å². The van der Waals surface area contributed by atoms with Gasteiger partial charge >= 0.3 is 0 Å². The minimum Gasteiger partial charge on any atom is -0.484 e. The minimum atomic E-state index is -0.317. The average Bonchev–Trinajstić information content (AvgIpc) is 3.13. The standard InChI is InChI=1S/C20H13Cl2N3O3/c21-12-3-6-14(7-4-12)27-11-18(26)24-13-5-8-16(22)15(10-13)20-25-19-17(28-20)2-1-9-23-19/h1-10H,11H2,(H,24,26). The van der Waals surface area contributed by atoms with Crippen LogP contribution in [0.5, 0.6) is 5.75 Å². The molecule has 4 rings (SSSR count). The highest BCUT2D eigenvalue weighted by atomic mass is 35.5. The fourth-order valence-corrected chi connectivity index (χ4v) is 2.85. The third-order valence-corrected chi connectivity index (χ3v) is 4.41. The quantitative estimate of drug-likeness (QED) is 0.485. The van der Waals surface area contributed by atoms with Crippen LogP contribution in [0.3, 0.4) is 0 Å². The molecule has 1 amide bonds. The zero-order valence-electron chi connectivity index (χ0n) is 14.4. The first-order valence-corrected chi connectivity index (χ1v) is 9.04. The molecule has 0 atom stereocenters.